The summed E-state index contributed by atoms with van der Waals surface area (Å²) in [6, 6.07) is 4.24. The van der Waals surface area contributed by atoms with E-state index in [9.17, 15) is 10.1 Å². The van der Waals surface area contributed by atoms with Crippen LogP contribution in [0.25, 0.3) is 0 Å². The molecule has 0 heterocycles. The molecule has 0 bridgehead atoms. The van der Waals surface area contributed by atoms with Crippen molar-refractivity contribution in [1.29, 1.82) is 0 Å². The summed E-state index contributed by atoms with van der Waals surface area (Å²) in [5.74, 6) is 1.53. The van der Waals surface area contributed by atoms with Gasteiger partial charge in [-0.2, -0.15) is 0 Å². The molecule has 94 valence electrons. The van der Waals surface area contributed by atoms with Gasteiger partial charge in [0.05, 0.1) is 24.7 Å². The van der Waals surface area contributed by atoms with E-state index in [1.807, 2.05) is 6.92 Å². The molecule has 0 aromatic heterocycles. The average molecular weight is 260 g/mol. The highest BCUT2D eigenvalue weighted by molar-refractivity contribution is 6.18. The first-order valence-electron chi connectivity index (χ1n) is 5.09. The highest BCUT2D eigenvalue weighted by Crippen LogP contribution is 2.31. The molecule has 1 atom stereocenters. The Bertz CT molecular complexity index is 397. The number of nitrogens with zero attached hydrogens (tertiary/aromatic N) is 1. The third kappa shape index (κ3) is 3.78. The van der Waals surface area contributed by atoms with Crippen LogP contribution in [0.5, 0.6) is 11.5 Å². The van der Waals surface area contributed by atoms with Gasteiger partial charge in [-0.05, 0) is 6.07 Å². The molecule has 0 fully saturated rings. The van der Waals surface area contributed by atoms with E-state index in [0.717, 1.165) is 0 Å². The number of nitro groups is 1. The largest absolute Gasteiger partial charge is 0.493 e. The summed E-state index contributed by atoms with van der Waals surface area (Å²) in [5.41, 5.74) is -0.0282. The molecule has 0 aliphatic carbocycles. The molecule has 0 radical (unpaired) electrons. The molecule has 0 aliphatic rings. The fraction of sp³-hybridized carbons (Fsp3) is 0.455. The Morgan fingerprint density at radius 2 is 2.18 bits per heavy atom. The van der Waals surface area contributed by atoms with Crippen LogP contribution in [-0.2, 0) is 0 Å². The van der Waals surface area contributed by atoms with Crippen LogP contribution in [-0.4, -0.2) is 24.5 Å². The van der Waals surface area contributed by atoms with Crippen LogP contribution in [0.4, 0.5) is 5.69 Å². The Morgan fingerprint density at radius 3 is 2.71 bits per heavy atom. The molecule has 5 nitrogen and oxygen atoms in total. The van der Waals surface area contributed by atoms with Crippen molar-refractivity contribution in [2.75, 3.05) is 19.6 Å². The number of hydrogen-bond acceptors (Lipinski definition) is 4. The number of non-ortho nitro benzene ring substituents is 1. The first-order chi connectivity index (χ1) is 8.08. The molecule has 1 rings (SSSR count). The van der Waals surface area contributed by atoms with Gasteiger partial charge in [0, 0.05) is 17.9 Å². The predicted octanol–water partition coefficient (Wildman–Crippen LogP) is 2.86. The number of hydrogen-bond donors (Lipinski definition) is 0. The number of halogens is 1. The van der Waals surface area contributed by atoms with Gasteiger partial charge >= 0.3 is 0 Å². The maximum atomic E-state index is 10.6. The zero-order valence-electron chi connectivity index (χ0n) is 9.68. The van der Waals surface area contributed by atoms with Gasteiger partial charge in [0.1, 0.15) is 0 Å². The highest BCUT2D eigenvalue weighted by atomic mass is 35.5. The van der Waals surface area contributed by atoms with Crippen molar-refractivity contribution in [3.63, 3.8) is 0 Å². The molecule has 1 unspecified atom stereocenters. The number of alkyl halides is 1. The van der Waals surface area contributed by atoms with Crippen molar-refractivity contribution in [3.05, 3.63) is 28.3 Å². The first-order valence-corrected chi connectivity index (χ1v) is 5.63. The van der Waals surface area contributed by atoms with E-state index in [2.05, 4.69) is 0 Å². The fourth-order valence-corrected chi connectivity index (χ4v) is 1.25. The van der Waals surface area contributed by atoms with E-state index >= 15 is 0 Å². The average Bonchev–Trinajstić information content (AvgIpc) is 2.35. The molecule has 0 spiro atoms. The summed E-state index contributed by atoms with van der Waals surface area (Å²) >= 11 is 5.66. The quantitative estimate of drug-likeness (QED) is 0.448. The standard InChI is InChI=1S/C11H14ClNO4/c1-8(6-12)7-17-10-4-3-9(13(14)15)5-11(10)16-2/h3-5,8H,6-7H2,1-2H3. The maximum Gasteiger partial charge on any atom is 0.273 e. The van der Waals surface area contributed by atoms with Crippen molar-refractivity contribution in [3.8, 4) is 11.5 Å². The minimum atomic E-state index is -0.478. The number of benzene rings is 1. The van der Waals surface area contributed by atoms with Gasteiger partial charge in [-0.1, -0.05) is 6.92 Å². The summed E-state index contributed by atoms with van der Waals surface area (Å²) in [6.45, 7) is 2.39. The molecule has 1 aromatic carbocycles. The number of nitro benzene ring substituents is 1. The second-order valence-electron chi connectivity index (χ2n) is 3.66. The zero-order chi connectivity index (χ0) is 12.8. The summed E-state index contributed by atoms with van der Waals surface area (Å²) in [6.07, 6.45) is 0. The lowest BCUT2D eigenvalue weighted by molar-refractivity contribution is -0.384. The third-order valence-electron chi connectivity index (χ3n) is 2.14. The fourth-order valence-electron chi connectivity index (χ4n) is 1.17. The predicted molar refractivity (Wildman–Crippen MR) is 65.0 cm³/mol. The van der Waals surface area contributed by atoms with E-state index in [4.69, 9.17) is 21.1 Å². The van der Waals surface area contributed by atoms with Crippen LogP contribution >= 0.6 is 11.6 Å². The molecular formula is C11H14ClNO4. The Morgan fingerprint density at radius 1 is 1.47 bits per heavy atom. The van der Waals surface area contributed by atoms with Crippen molar-refractivity contribution < 1.29 is 14.4 Å². The maximum absolute atomic E-state index is 10.6. The van der Waals surface area contributed by atoms with Gasteiger partial charge in [0.2, 0.25) is 0 Å². The monoisotopic (exact) mass is 259 g/mol. The molecule has 0 aliphatic heterocycles. The topological polar surface area (TPSA) is 61.6 Å². The Labute approximate surface area is 104 Å². The number of ether oxygens (including phenoxy) is 2. The third-order valence-corrected chi connectivity index (χ3v) is 2.67. The minimum absolute atomic E-state index is 0.0282. The second kappa shape index (κ2) is 6.30. The lowest BCUT2D eigenvalue weighted by Crippen LogP contribution is -2.10. The summed E-state index contributed by atoms with van der Waals surface area (Å²) in [7, 11) is 1.44. The van der Waals surface area contributed by atoms with Crippen LogP contribution in [0.2, 0.25) is 0 Å². The molecule has 0 saturated carbocycles. The molecule has 1 aromatic rings. The van der Waals surface area contributed by atoms with Crippen LogP contribution < -0.4 is 9.47 Å². The van der Waals surface area contributed by atoms with Crippen molar-refractivity contribution >= 4 is 17.3 Å². The smallest absolute Gasteiger partial charge is 0.273 e. The Balaban J connectivity index is 2.82. The van der Waals surface area contributed by atoms with Gasteiger partial charge in [-0.25, -0.2) is 0 Å². The molecule has 0 N–H and O–H groups in total. The lowest BCUT2D eigenvalue weighted by atomic mass is 10.2. The zero-order valence-corrected chi connectivity index (χ0v) is 10.4. The van der Waals surface area contributed by atoms with E-state index in [0.29, 0.717) is 24.0 Å². The molecule has 0 amide bonds. The summed E-state index contributed by atoms with van der Waals surface area (Å²) in [4.78, 5) is 10.1. The van der Waals surface area contributed by atoms with Gasteiger partial charge in [-0.15, -0.1) is 11.6 Å². The Hall–Kier alpha value is -1.49. The van der Waals surface area contributed by atoms with E-state index < -0.39 is 4.92 Å². The minimum Gasteiger partial charge on any atom is -0.493 e. The van der Waals surface area contributed by atoms with Gasteiger partial charge in [0.25, 0.3) is 5.69 Å². The first kappa shape index (κ1) is 13.6. The Kier molecular flexibility index (Phi) is 5.03. The van der Waals surface area contributed by atoms with Crippen molar-refractivity contribution in [2.45, 2.75) is 6.92 Å². The number of rotatable bonds is 6. The summed E-state index contributed by atoms with van der Waals surface area (Å²) in [5, 5.41) is 10.6. The highest BCUT2D eigenvalue weighted by Gasteiger charge is 2.13. The van der Waals surface area contributed by atoms with Crippen molar-refractivity contribution in [2.24, 2.45) is 5.92 Å². The molecule has 0 saturated heterocycles. The molecular weight excluding hydrogens is 246 g/mol. The molecule has 6 heteroatoms. The van der Waals surface area contributed by atoms with Crippen molar-refractivity contribution in [1.82, 2.24) is 0 Å². The van der Waals surface area contributed by atoms with Gasteiger partial charge < -0.3 is 9.47 Å². The molecule has 17 heavy (non-hydrogen) atoms. The van der Waals surface area contributed by atoms with Crippen LogP contribution in [0.3, 0.4) is 0 Å². The van der Waals surface area contributed by atoms with Gasteiger partial charge in [-0.3, -0.25) is 10.1 Å². The normalized spacial score (nSPS) is 11.9. The summed E-state index contributed by atoms with van der Waals surface area (Å²) < 4.78 is 10.5. The van der Waals surface area contributed by atoms with E-state index in [-0.39, 0.29) is 11.6 Å². The van der Waals surface area contributed by atoms with Gasteiger partial charge in [0.15, 0.2) is 11.5 Å². The van der Waals surface area contributed by atoms with Crippen LogP contribution in [0, 0.1) is 16.0 Å². The SMILES string of the molecule is COc1cc([N+](=O)[O-])ccc1OCC(C)CCl. The second-order valence-corrected chi connectivity index (χ2v) is 3.97. The van der Waals surface area contributed by atoms with E-state index in [1.165, 1.54) is 25.3 Å². The van der Waals surface area contributed by atoms with Crippen LogP contribution in [0.15, 0.2) is 18.2 Å². The number of methoxy groups -OCH3 is 1. The van der Waals surface area contributed by atoms with E-state index in [1.54, 1.807) is 0 Å². The lowest BCUT2D eigenvalue weighted by Gasteiger charge is -2.12. The van der Waals surface area contributed by atoms with Crippen LogP contribution in [0.1, 0.15) is 6.92 Å².